The van der Waals surface area contributed by atoms with E-state index < -0.39 is 0 Å². The van der Waals surface area contributed by atoms with E-state index in [-0.39, 0.29) is 5.91 Å². The maximum atomic E-state index is 13.9. The summed E-state index contributed by atoms with van der Waals surface area (Å²) in [5, 5.41) is 0.668. The second kappa shape index (κ2) is 11.2. The van der Waals surface area contributed by atoms with E-state index in [1.807, 2.05) is 91.5 Å². The molecule has 1 amide bonds. The van der Waals surface area contributed by atoms with Crippen LogP contribution in [0, 0.1) is 6.92 Å². The van der Waals surface area contributed by atoms with E-state index in [4.69, 9.17) is 21.1 Å². The van der Waals surface area contributed by atoms with E-state index in [0.717, 1.165) is 52.9 Å². The molecule has 0 N–H and O–H groups in total. The number of anilines is 1. The molecule has 0 radical (unpaired) electrons. The third-order valence-electron chi connectivity index (χ3n) is 7.02. The molecule has 7 heteroatoms. The predicted octanol–water partition coefficient (Wildman–Crippen LogP) is 6.48. The molecule has 2 heterocycles. The number of aromatic nitrogens is 1. The van der Waals surface area contributed by atoms with Crippen LogP contribution >= 0.6 is 11.6 Å². The first-order chi connectivity index (χ1) is 18.5. The lowest BCUT2D eigenvalue weighted by Crippen LogP contribution is -2.49. The van der Waals surface area contributed by atoms with Crippen molar-refractivity contribution in [2.24, 2.45) is 0 Å². The minimum Gasteiger partial charge on any atom is -0.495 e. The molecular weight excluding hydrogens is 498 g/mol. The van der Waals surface area contributed by atoms with E-state index in [1.54, 1.807) is 7.11 Å². The van der Waals surface area contributed by atoms with Crippen molar-refractivity contribution in [2.45, 2.75) is 13.8 Å². The van der Waals surface area contributed by atoms with Crippen molar-refractivity contribution in [3.63, 3.8) is 0 Å². The number of methoxy groups -OCH3 is 1. The molecule has 0 saturated carbocycles. The van der Waals surface area contributed by atoms with Crippen LogP contribution in [0.4, 0.5) is 5.69 Å². The minimum absolute atomic E-state index is 0.0316. The molecule has 1 aliphatic heterocycles. The van der Waals surface area contributed by atoms with Crippen LogP contribution in [0.25, 0.3) is 16.9 Å². The molecule has 4 aromatic rings. The molecule has 1 fully saturated rings. The number of amides is 1. The summed E-state index contributed by atoms with van der Waals surface area (Å²) in [6.07, 6.45) is 0. The number of nitrogens with zero attached hydrogens (tertiary/aromatic N) is 3. The molecule has 196 valence electrons. The second-order valence-electron chi connectivity index (χ2n) is 9.22. The number of para-hydroxylation sites is 4. The first-order valence-electron chi connectivity index (χ1n) is 12.9. The Morgan fingerprint density at radius 3 is 2.16 bits per heavy atom. The molecule has 0 bridgehead atoms. The molecule has 3 aromatic carbocycles. The largest absolute Gasteiger partial charge is 0.495 e. The Kier molecular flexibility index (Phi) is 7.61. The summed E-state index contributed by atoms with van der Waals surface area (Å²) in [5.74, 6) is 1.65. The lowest BCUT2D eigenvalue weighted by molar-refractivity contribution is 0.0746. The number of ether oxygens (including phenoxy) is 2. The number of benzene rings is 3. The smallest absolute Gasteiger partial charge is 0.255 e. The zero-order chi connectivity index (χ0) is 26.6. The summed E-state index contributed by atoms with van der Waals surface area (Å²) in [5.41, 5.74) is 5.40. The Morgan fingerprint density at radius 2 is 1.50 bits per heavy atom. The normalized spacial score (nSPS) is 13.5. The fraction of sp³-hybridized carbons (Fsp3) is 0.258. The first kappa shape index (κ1) is 25.7. The Balaban J connectivity index is 1.46. The van der Waals surface area contributed by atoms with Crippen molar-refractivity contribution in [1.29, 1.82) is 0 Å². The quantitative estimate of drug-likeness (QED) is 0.275. The molecule has 0 spiro atoms. The minimum atomic E-state index is 0.0316. The van der Waals surface area contributed by atoms with Gasteiger partial charge in [-0.05, 0) is 61.9 Å². The topological polar surface area (TPSA) is 46.9 Å². The summed E-state index contributed by atoms with van der Waals surface area (Å²) >= 11 is 6.18. The molecular formula is C31H32ClN3O3. The van der Waals surface area contributed by atoms with E-state index in [9.17, 15) is 4.79 Å². The Labute approximate surface area is 229 Å². The molecule has 1 aliphatic rings. The van der Waals surface area contributed by atoms with Crippen LogP contribution in [-0.4, -0.2) is 55.3 Å². The van der Waals surface area contributed by atoms with Crippen LogP contribution in [0.3, 0.4) is 0 Å². The van der Waals surface area contributed by atoms with Crippen molar-refractivity contribution in [3.05, 3.63) is 95.1 Å². The van der Waals surface area contributed by atoms with Crippen LogP contribution in [0.2, 0.25) is 5.02 Å². The number of piperazine rings is 1. The number of carbonyl (C=O) groups is 1. The Bertz CT molecular complexity index is 1420. The van der Waals surface area contributed by atoms with Gasteiger partial charge in [-0.1, -0.05) is 48.0 Å². The third kappa shape index (κ3) is 4.96. The maximum absolute atomic E-state index is 13.9. The summed E-state index contributed by atoms with van der Waals surface area (Å²) in [6, 6.07) is 25.6. The van der Waals surface area contributed by atoms with Crippen LogP contribution < -0.4 is 14.4 Å². The van der Waals surface area contributed by atoms with Crippen LogP contribution in [0.5, 0.6) is 11.5 Å². The highest BCUT2D eigenvalue weighted by Gasteiger charge is 2.28. The van der Waals surface area contributed by atoms with Crippen LogP contribution in [-0.2, 0) is 0 Å². The highest BCUT2D eigenvalue weighted by atomic mass is 35.5. The van der Waals surface area contributed by atoms with E-state index >= 15 is 0 Å². The summed E-state index contributed by atoms with van der Waals surface area (Å²) in [7, 11) is 1.66. The highest BCUT2D eigenvalue weighted by molar-refractivity contribution is 6.30. The molecule has 0 aliphatic carbocycles. The zero-order valence-electron chi connectivity index (χ0n) is 22.0. The summed E-state index contributed by atoms with van der Waals surface area (Å²) in [4.78, 5) is 18.1. The number of carbonyl (C=O) groups excluding carboxylic acids is 1. The van der Waals surface area contributed by atoms with Gasteiger partial charge in [-0.2, -0.15) is 0 Å². The fourth-order valence-corrected chi connectivity index (χ4v) is 5.22. The lowest BCUT2D eigenvalue weighted by Gasteiger charge is -2.36. The molecule has 0 unspecified atom stereocenters. The molecule has 6 nitrogen and oxygen atoms in total. The summed E-state index contributed by atoms with van der Waals surface area (Å²) in [6.45, 7) is 7.36. The zero-order valence-corrected chi connectivity index (χ0v) is 22.7. The summed E-state index contributed by atoms with van der Waals surface area (Å²) < 4.78 is 13.6. The monoisotopic (exact) mass is 529 g/mol. The molecule has 0 atom stereocenters. The Hall–Kier alpha value is -3.90. The van der Waals surface area contributed by atoms with E-state index in [1.165, 1.54) is 0 Å². The molecule has 38 heavy (non-hydrogen) atoms. The van der Waals surface area contributed by atoms with Gasteiger partial charge in [-0.25, -0.2) is 0 Å². The van der Waals surface area contributed by atoms with E-state index in [2.05, 4.69) is 15.5 Å². The van der Waals surface area contributed by atoms with Crippen molar-refractivity contribution >= 4 is 23.2 Å². The maximum Gasteiger partial charge on any atom is 0.255 e. The highest BCUT2D eigenvalue weighted by Crippen LogP contribution is 2.35. The van der Waals surface area contributed by atoms with Gasteiger partial charge in [0.1, 0.15) is 11.5 Å². The number of hydrogen-bond donors (Lipinski definition) is 0. The van der Waals surface area contributed by atoms with Gasteiger partial charge in [0.25, 0.3) is 5.91 Å². The standard InChI is InChI=1S/C31H32ClN3O3/c1-4-38-30-12-8-5-9-26(30)33-17-19-34(20-18-33)31(36)25-21-28(23-13-15-24(32)16-14-23)35(22(25)2)27-10-6-7-11-29(27)37-3/h5-16,21H,4,17-20H2,1-3H3. The van der Waals surface area contributed by atoms with Crippen molar-refractivity contribution in [3.8, 4) is 28.4 Å². The number of rotatable bonds is 7. The molecule has 1 aromatic heterocycles. The van der Waals surface area contributed by atoms with Gasteiger partial charge in [-0.3, -0.25) is 4.79 Å². The molecule has 1 saturated heterocycles. The Morgan fingerprint density at radius 1 is 0.868 bits per heavy atom. The van der Waals surface area contributed by atoms with Crippen molar-refractivity contribution in [1.82, 2.24) is 9.47 Å². The van der Waals surface area contributed by atoms with Gasteiger partial charge in [0.05, 0.1) is 36.3 Å². The predicted molar refractivity (Wildman–Crippen MR) is 153 cm³/mol. The number of hydrogen-bond acceptors (Lipinski definition) is 4. The lowest BCUT2D eigenvalue weighted by atomic mass is 10.1. The van der Waals surface area contributed by atoms with Gasteiger partial charge in [0.15, 0.2) is 0 Å². The van der Waals surface area contributed by atoms with Crippen molar-refractivity contribution in [2.75, 3.05) is 44.8 Å². The SMILES string of the molecule is CCOc1ccccc1N1CCN(C(=O)c2cc(-c3ccc(Cl)cc3)n(-c3ccccc3OC)c2C)CC1. The van der Waals surface area contributed by atoms with Gasteiger partial charge in [0, 0.05) is 36.9 Å². The average Bonchev–Trinajstić information content (AvgIpc) is 3.30. The fourth-order valence-electron chi connectivity index (χ4n) is 5.10. The second-order valence-corrected chi connectivity index (χ2v) is 9.66. The van der Waals surface area contributed by atoms with Gasteiger partial charge in [-0.15, -0.1) is 0 Å². The van der Waals surface area contributed by atoms with Crippen LogP contribution in [0.1, 0.15) is 23.0 Å². The molecule has 5 rings (SSSR count). The third-order valence-corrected chi connectivity index (χ3v) is 7.27. The first-order valence-corrected chi connectivity index (χ1v) is 13.3. The van der Waals surface area contributed by atoms with Gasteiger partial charge < -0.3 is 23.8 Å². The van der Waals surface area contributed by atoms with Crippen LogP contribution in [0.15, 0.2) is 78.9 Å². The van der Waals surface area contributed by atoms with Crippen molar-refractivity contribution < 1.29 is 14.3 Å². The van der Waals surface area contributed by atoms with Gasteiger partial charge in [0.2, 0.25) is 0 Å². The average molecular weight is 530 g/mol. The van der Waals surface area contributed by atoms with Gasteiger partial charge >= 0.3 is 0 Å². The van der Waals surface area contributed by atoms with E-state index in [0.29, 0.717) is 30.3 Å². The number of halogens is 1.